The molecule has 32 heavy (non-hydrogen) atoms. The Labute approximate surface area is 187 Å². The number of nitrogens with one attached hydrogen (secondary N) is 1. The van der Waals surface area contributed by atoms with Crippen molar-refractivity contribution in [3.05, 3.63) is 23.8 Å². The second kappa shape index (κ2) is 8.27. The smallest absolute Gasteiger partial charge is 0.325 e. The number of carbonyl (C=O) groups is 3. The Kier molecular flexibility index (Phi) is 5.44. The highest BCUT2D eigenvalue weighted by Gasteiger charge is 2.54. The lowest BCUT2D eigenvalue weighted by molar-refractivity contribution is -0.135. The number of hydrogen-bond donors (Lipinski definition) is 1. The van der Waals surface area contributed by atoms with E-state index in [-0.39, 0.29) is 23.9 Å². The summed E-state index contributed by atoms with van der Waals surface area (Å²) in [5, 5.41) is 3.00. The molecule has 0 unspecified atom stereocenters. The molecule has 0 bridgehead atoms. The van der Waals surface area contributed by atoms with Crippen molar-refractivity contribution in [2.24, 2.45) is 0 Å². The molecule has 9 nitrogen and oxygen atoms in total. The molecule has 3 saturated heterocycles. The Morgan fingerprint density at radius 1 is 1.12 bits per heavy atom. The highest BCUT2D eigenvalue weighted by atomic mass is 16.6. The Balaban J connectivity index is 1.29. The summed E-state index contributed by atoms with van der Waals surface area (Å²) < 4.78 is 11.1. The fraction of sp³-hybridized carbons (Fsp3) is 0.609. The average molecular weight is 443 g/mol. The molecule has 4 amide bonds. The fourth-order valence-electron chi connectivity index (χ4n) is 5.27. The van der Waals surface area contributed by atoms with Gasteiger partial charge >= 0.3 is 6.03 Å². The van der Waals surface area contributed by atoms with Crippen molar-refractivity contribution in [1.82, 2.24) is 20.0 Å². The predicted octanol–water partition coefficient (Wildman–Crippen LogP) is 1.47. The van der Waals surface area contributed by atoms with Gasteiger partial charge in [0.25, 0.3) is 11.8 Å². The molecule has 0 aromatic heterocycles. The third kappa shape index (κ3) is 3.58. The number of urea groups is 1. The van der Waals surface area contributed by atoms with Crippen molar-refractivity contribution in [2.45, 2.75) is 44.2 Å². The SMILES string of the molecule is CCN1CCC2(CC1)NC(=O)N([C@H]1CCCN(C(=O)c3ccc4c(c3)OCCO4)C1)C2=O. The quantitative estimate of drug-likeness (QED) is 0.713. The lowest BCUT2D eigenvalue weighted by atomic mass is 9.87. The van der Waals surface area contributed by atoms with Crippen molar-refractivity contribution in [2.75, 3.05) is 45.9 Å². The van der Waals surface area contributed by atoms with Crippen LogP contribution in [0.25, 0.3) is 0 Å². The maximum absolute atomic E-state index is 13.4. The maximum Gasteiger partial charge on any atom is 0.325 e. The van der Waals surface area contributed by atoms with Gasteiger partial charge in [-0.25, -0.2) is 4.79 Å². The highest BCUT2D eigenvalue weighted by molar-refractivity contribution is 6.07. The number of ether oxygens (including phenoxy) is 2. The van der Waals surface area contributed by atoms with E-state index in [9.17, 15) is 14.4 Å². The molecule has 0 aliphatic carbocycles. The van der Waals surface area contributed by atoms with Crippen LogP contribution >= 0.6 is 0 Å². The molecular weight excluding hydrogens is 412 g/mol. The standard InChI is InChI=1S/C23H30N4O5/c1-2-25-10-7-23(8-11-25)21(29)27(22(30)24-23)17-4-3-9-26(15-17)20(28)16-5-6-18-19(14-16)32-13-12-31-18/h5-6,14,17H,2-4,7-13,15H2,1H3,(H,24,30)/t17-/m0/s1. The molecular formula is C23H30N4O5. The fourth-order valence-corrected chi connectivity index (χ4v) is 5.27. The molecule has 0 saturated carbocycles. The van der Waals surface area contributed by atoms with Crippen LogP contribution in [-0.2, 0) is 4.79 Å². The van der Waals surface area contributed by atoms with Crippen molar-refractivity contribution in [3.63, 3.8) is 0 Å². The van der Waals surface area contributed by atoms with Gasteiger partial charge in [-0.15, -0.1) is 0 Å². The normalized spacial score (nSPS) is 25.2. The van der Waals surface area contributed by atoms with Gasteiger partial charge in [-0.1, -0.05) is 6.92 Å². The number of hydrogen-bond acceptors (Lipinski definition) is 6. The summed E-state index contributed by atoms with van der Waals surface area (Å²) in [5.74, 6) is 0.967. The van der Waals surface area contributed by atoms with Gasteiger partial charge in [0.05, 0.1) is 6.04 Å². The van der Waals surface area contributed by atoms with E-state index < -0.39 is 5.54 Å². The minimum Gasteiger partial charge on any atom is -0.486 e. The van der Waals surface area contributed by atoms with Crippen molar-refractivity contribution >= 4 is 17.8 Å². The lowest BCUT2D eigenvalue weighted by Gasteiger charge is -2.39. The zero-order valence-corrected chi connectivity index (χ0v) is 18.5. The summed E-state index contributed by atoms with van der Waals surface area (Å²) in [6, 6.07) is 4.58. The van der Waals surface area contributed by atoms with Gasteiger partial charge in [-0.2, -0.15) is 0 Å². The minimum absolute atomic E-state index is 0.121. The second-order valence-electron chi connectivity index (χ2n) is 9.03. The first-order valence-corrected chi connectivity index (χ1v) is 11.6. The molecule has 5 rings (SSSR count). The molecule has 1 N–H and O–H groups in total. The number of rotatable bonds is 3. The number of benzene rings is 1. The largest absolute Gasteiger partial charge is 0.486 e. The molecule has 4 heterocycles. The number of fused-ring (bicyclic) bond motifs is 1. The Morgan fingerprint density at radius 2 is 1.88 bits per heavy atom. The summed E-state index contributed by atoms with van der Waals surface area (Å²) in [7, 11) is 0. The topological polar surface area (TPSA) is 91.4 Å². The van der Waals surface area contributed by atoms with Gasteiger partial charge in [0.15, 0.2) is 11.5 Å². The van der Waals surface area contributed by atoms with E-state index in [1.165, 1.54) is 4.90 Å². The zero-order chi connectivity index (χ0) is 22.3. The van der Waals surface area contributed by atoms with Gasteiger partial charge < -0.3 is 24.6 Å². The summed E-state index contributed by atoms with van der Waals surface area (Å²) >= 11 is 0. The number of nitrogens with zero attached hydrogens (tertiary/aromatic N) is 3. The molecule has 3 fully saturated rings. The van der Waals surface area contributed by atoms with Gasteiger partial charge in [0, 0.05) is 31.7 Å². The molecule has 1 atom stereocenters. The molecule has 172 valence electrons. The monoisotopic (exact) mass is 442 g/mol. The van der Waals surface area contributed by atoms with Crippen LogP contribution in [0.15, 0.2) is 18.2 Å². The molecule has 4 aliphatic rings. The van der Waals surface area contributed by atoms with Crippen molar-refractivity contribution < 1.29 is 23.9 Å². The summed E-state index contributed by atoms with van der Waals surface area (Å²) in [4.78, 5) is 44.9. The van der Waals surface area contributed by atoms with Crippen LogP contribution in [0, 0.1) is 0 Å². The minimum atomic E-state index is -0.787. The van der Waals surface area contributed by atoms with E-state index in [1.807, 2.05) is 0 Å². The second-order valence-corrected chi connectivity index (χ2v) is 9.03. The summed E-state index contributed by atoms with van der Waals surface area (Å²) in [6.07, 6.45) is 2.72. The van der Waals surface area contributed by atoms with Crippen LogP contribution in [0.5, 0.6) is 11.5 Å². The predicted molar refractivity (Wildman–Crippen MR) is 116 cm³/mol. The molecule has 1 aromatic carbocycles. The maximum atomic E-state index is 13.4. The number of imide groups is 1. The van der Waals surface area contributed by atoms with Crippen LogP contribution in [0.3, 0.4) is 0 Å². The molecule has 1 aromatic rings. The van der Waals surface area contributed by atoms with Crippen LogP contribution in [-0.4, -0.2) is 90.1 Å². The molecule has 9 heteroatoms. The van der Waals surface area contributed by atoms with Gasteiger partial charge in [-0.05, 0) is 50.4 Å². The molecule has 1 spiro atoms. The average Bonchev–Trinajstić information content (AvgIpc) is 3.07. The molecule has 4 aliphatic heterocycles. The first kappa shape index (κ1) is 21.1. The Bertz CT molecular complexity index is 927. The number of likely N-dealkylation sites (tertiary alicyclic amines) is 2. The van der Waals surface area contributed by atoms with Gasteiger partial charge in [0.1, 0.15) is 18.8 Å². The van der Waals surface area contributed by atoms with Crippen LogP contribution in [0.2, 0.25) is 0 Å². The first-order valence-electron chi connectivity index (χ1n) is 11.6. The first-order chi connectivity index (χ1) is 15.5. The van der Waals surface area contributed by atoms with E-state index >= 15 is 0 Å². The van der Waals surface area contributed by atoms with E-state index in [1.54, 1.807) is 23.1 Å². The third-order valence-corrected chi connectivity index (χ3v) is 7.19. The van der Waals surface area contributed by atoms with Crippen molar-refractivity contribution in [3.8, 4) is 11.5 Å². The van der Waals surface area contributed by atoms with E-state index in [2.05, 4.69) is 17.1 Å². The zero-order valence-electron chi connectivity index (χ0n) is 18.5. The van der Waals surface area contributed by atoms with Crippen LogP contribution in [0.4, 0.5) is 4.79 Å². The number of amides is 4. The van der Waals surface area contributed by atoms with Crippen molar-refractivity contribution in [1.29, 1.82) is 0 Å². The van der Waals surface area contributed by atoms with Crippen LogP contribution < -0.4 is 14.8 Å². The summed E-state index contributed by atoms with van der Waals surface area (Å²) in [6.45, 7) is 6.56. The van der Waals surface area contributed by atoms with E-state index in [4.69, 9.17) is 9.47 Å². The van der Waals surface area contributed by atoms with E-state index in [0.717, 1.165) is 26.1 Å². The van der Waals surface area contributed by atoms with Gasteiger partial charge in [0.2, 0.25) is 0 Å². The highest BCUT2D eigenvalue weighted by Crippen LogP contribution is 2.34. The lowest BCUT2D eigenvalue weighted by Crippen LogP contribution is -2.56. The molecule has 0 radical (unpaired) electrons. The Morgan fingerprint density at radius 3 is 2.62 bits per heavy atom. The number of carbonyl (C=O) groups excluding carboxylic acids is 3. The van der Waals surface area contributed by atoms with Gasteiger partial charge in [-0.3, -0.25) is 14.5 Å². The third-order valence-electron chi connectivity index (χ3n) is 7.19. The summed E-state index contributed by atoms with van der Waals surface area (Å²) in [5.41, 5.74) is -0.263. The van der Waals surface area contributed by atoms with Crippen LogP contribution in [0.1, 0.15) is 43.0 Å². The van der Waals surface area contributed by atoms with E-state index in [0.29, 0.717) is 62.6 Å². The Hall–Kier alpha value is -2.81. The number of piperidine rings is 2.